The van der Waals surface area contributed by atoms with E-state index in [1.807, 2.05) is 35.6 Å². The molecule has 1 unspecified atom stereocenters. The summed E-state index contributed by atoms with van der Waals surface area (Å²) in [6.07, 6.45) is 1.85. The first-order valence-corrected chi connectivity index (χ1v) is 11.9. The Kier molecular flexibility index (Phi) is 6.45. The minimum Gasteiger partial charge on any atom is -0.331 e. The Morgan fingerprint density at radius 3 is 2.62 bits per heavy atom. The molecule has 2 aromatic rings. The van der Waals surface area contributed by atoms with E-state index in [9.17, 15) is 4.79 Å². The summed E-state index contributed by atoms with van der Waals surface area (Å²) >= 11 is 7.99. The Hall–Kier alpha value is -2.57. The van der Waals surface area contributed by atoms with Gasteiger partial charge in [-0.2, -0.15) is 10.2 Å². The molecule has 32 heavy (non-hydrogen) atoms. The van der Waals surface area contributed by atoms with Gasteiger partial charge >= 0.3 is 0 Å². The molecule has 0 radical (unpaired) electrons. The largest absolute Gasteiger partial charge is 0.331 e. The molecule has 1 aromatic heterocycles. The van der Waals surface area contributed by atoms with Crippen molar-refractivity contribution in [3.8, 4) is 0 Å². The lowest BCUT2D eigenvalue weighted by Crippen LogP contribution is -2.30. The van der Waals surface area contributed by atoms with Crippen LogP contribution in [0.3, 0.4) is 0 Å². The van der Waals surface area contributed by atoms with Crippen molar-refractivity contribution in [2.75, 3.05) is 0 Å². The second kappa shape index (κ2) is 9.12. The molecule has 7 heteroatoms. The van der Waals surface area contributed by atoms with Crippen molar-refractivity contribution in [2.24, 2.45) is 15.2 Å². The molecule has 0 aliphatic carbocycles. The van der Waals surface area contributed by atoms with E-state index in [-0.39, 0.29) is 18.2 Å². The maximum Gasteiger partial charge on any atom is 0.226 e. The third-order valence-electron chi connectivity index (χ3n) is 6.01. The number of hydrogen-bond donors (Lipinski definition) is 1. The number of amides is 1. The minimum atomic E-state index is -0.402. The summed E-state index contributed by atoms with van der Waals surface area (Å²) in [6, 6.07) is 7.36. The van der Waals surface area contributed by atoms with E-state index in [1.54, 1.807) is 6.92 Å². The Morgan fingerprint density at radius 1 is 1.22 bits per heavy atom. The number of benzene rings is 1. The molecular weight excluding hydrogens is 440 g/mol. The van der Waals surface area contributed by atoms with Gasteiger partial charge in [-0.1, -0.05) is 30.3 Å². The summed E-state index contributed by atoms with van der Waals surface area (Å²) in [5.41, 5.74) is 6.72. The first-order chi connectivity index (χ1) is 15.2. The SMILES string of the molecule is C=C(C)NC(=O)C[C@@H]1N=C(c2ccc(Cl)cc2)c2c(sc(C)c2C)C2CCC1=NN=C2C. The predicted octanol–water partition coefficient (Wildman–Crippen LogP) is 5.97. The number of nitrogens with zero attached hydrogens (tertiary/aromatic N) is 3. The van der Waals surface area contributed by atoms with Crippen LogP contribution in [0.1, 0.15) is 65.5 Å². The predicted molar refractivity (Wildman–Crippen MR) is 135 cm³/mol. The Bertz CT molecular complexity index is 1170. The van der Waals surface area contributed by atoms with Crippen molar-refractivity contribution in [2.45, 2.75) is 58.9 Å². The van der Waals surface area contributed by atoms with E-state index in [4.69, 9.17) is 16.6 Å². The van der Waals surface area contributed by atoms with E-state index in [0.717, 1.165) is 41.1 Å². The van der Waals surface area contributed by atoms with Gasteiger partial charge in [0.2, 0.25) is 5.91 Å². The lowest BCUT2D eigenvalue weighted by atomic mass is 9.89. The second-order valence-corrected chi connectivity index (χ2v) is 10.2. The van der Waals surface area contributed by atoms with Crippen LogP contribution in [0.2, 0.25) is 5.02 Å². The number of aliphatic imine (C=N–C) groups is 1. The molecule has 2 bridgehead atoms. The van der Waals surface area contributed by atoms with Crippen LogP contribution in [-0.2, 0) is 4.79 Å². The smallest absolute Gasteiger partial charge is 0.226 e. The highest BCUT2D eigenvalue weighted by atomic mass is 35.5. The summed E-state index contributed by atoms with van der Waals surface area (Å²) in [5.74, 6) is 0.0627. The van der Waals surface area contributed by atoms with Crippen LogP contribution in [0.5, 0.6) is 0 Å². The van der Waals surface area contributed by atoms with E-state index < -0.39 is 6.04 Å². The van der Waals surface area contributed by atoms with Crippen molar-refractivity contribution in [1.29, 1.82) is 0 Å². The number of halogens is 1. The number of carbonyl (C=O) groups excluding carboxylic acids is 1. The van der Waals surface area contributed by atoms with Crippen molar-refractivity contribution in [1.82, 2.24) is 5.32 Å². The highest BCUT2D eigenvalue weighted by Gasteiger charge is 2.33. The zero-order chi connectivity index (χ0) is 23.0. The molecule has 1 amide bonds. The highest BCUT2D eigenvalue weighted by Crippen LogP contribution is 2.40. The Balaban J connectivity index is 1.95. The number of hydrogen-bond acceptors (Lipinski definition) is 5. The molecule has 2 atom stereocenters. The minimum absolute atomic E-state index is 0.122. The molecule has 5 nitrogen and oxygen atoms in total. The zero-order valence-corrected chi connectivity index (χ0v) is 20.4. The van der Waals surface area contributed by atoms with Crippen LogP contribution < -0.4 is 5.32 Å². The summed E-state index contributed by atoms with van der Waals surface area (Å²) in [4.78, 5) is 20.4. The van der Waals surface area contributed by atoms with Crippen molar-refractivity contribution in [3.05, 3.63) is 68.0 Å². The molecule has 3 heterocycles. The van der Waals surface area contributed by atoms with Crippen LogP contribution in [0.15, 0.2) is 51.7 Å². The average molecular weight is 467 g/mol. The molecule has 4 rings (SSSR count). The van der Waals surface area contributed by atoms with Gasteiger partial charge in [-0.3, -0.25) is 9.79 Å². The molecule has 166 valence electrons. The number of thiophene rings is 1. The van der Waals surface area contributed by atoms with Crippen molar-refractivity contribution < 1.29 is 4.79 Å². The van der Waals surface area contributed by atoms with Crippen LogP contribution in [0.4, 0.5) is 0 Å². The Labute approximate surface area is 198 Å². The summed E-state index contributed by atoms with van der Waals surface area (Å²) in [7, 11) is 0. The van der Waals surface area contributed by atoms with Gasteiger partial charge in [0, 0.05) is 43.2 Å². The normalized spacial score (nSPS) is 20.1. The first-order valence-electron chi connectivity index (χ1n) is 10.7. The number of carbonyl (C=O) groups is 1. The summed E-state index contributed by atoms with van der Waals surface area (Å²) in [5, 5.41) is 12.6. The van der Waals surface area contributed by atoms with E-state index in [2.05, 4.69) is 42.9 Å². The van der Waals surface area contributed by atoms with Gasteiger partial charge in [-0.15, -0.1) is 11.3 Å². The highest BCUT2D eigenvalue weighted by molar-refractivity contribution is 7.12. The van der Waals surface area contributed by atoms with E-state index in [1.165, 1.54) is 15.3 Å². The van der Waals surface area contributed by atoms with E-state index >= 15 is 0 Å². The molecule has 0 spiro atoms. The van der Waals surface area contributed by atoms with Gasteiger partial charge < -0.3 is 5.32 Å². The van der Waals surface area contributed by atoms with Crippen LogP contribution in [0, 0.1) is 13.8 Å². The molecule has 2 aliphatic heterocycles. The fourth-order valence-corrected chi connectivity index (χ4v) is 5.75. The van der Waals surface area contributed by atoms with Gasteiger partial charge in [0.1, 0.15) is 0 Å². The van der Waals surface area contributed by atoms with Crippen molar-refractivity contribution >= 4 is 46.0 Å². The lowest BCUT2D eigenvalue weighted by Gasteiger charge is -2.18. The van der Waals surface area contributed by atoms with Gasteiger partial charge in [0.05, 0.1) is 23.9 Å². The zero-order valence-electron chi connectivity index (χ0n) is 18.8. The summed E-state index contributed by atoms with van der Waals surface area (Å²) < 4.78 is 0. The molecule has 0 saturated heterocycles. The number of fused-ring (bicyclic) bond motifs is 5. The van der Waals surface area contributed by atoms with Gasteiger partial charge in [-0.05, 0) is 58.2 Å². The third kappa shape index (κ3) is 4.48. The van der Waals surface area contributed by atoms with E-state index in [0.29, 0.717) is 10.7 Å². The first kappa shape index (κ1) is 22.6. The van der Waals surface area contributed by atoms with Crippen molar-refractivity contribution in [3.63, 3.8) is 0 Å². The average Bonchev–Trinajstić information content (AvgIpc) is 2.90. The molecule has 2 aliphatic rings. The fourth-order valence-electron chi connectivity index (χ4n) is 4.26. The second-order valence-electron chi connectivity index (χ2n) is 8.48. The maximum absolute atomic E-state index is 12.7. The van der Waals surface area contributed by atoms with Gasteiger partial charge in [0.25, 0.3) is 0 Å². The topological polar surface area (TPSA) is 66.2 Å². The number of nitrogens with one attached hydrogen (secondary N) is 1. The molecule has 0 fully saturated rings. The van der Waals surface area contributed by atoms with Gasteiger partial charge in [-0.25, -0.2) is 0 Å². The standard InChI is InChI=1S/C25H27ClN4OS/c1-13(2)27-22(31)12-21-20-11-10-19(15(4)29-30-20)25-23(14(3)16(5)32-25)24(28-21)17-6-8-18(26)9-7-17/h6-9,19,21H,1,10-12H2,2-5H3,(H,27,31)/t19?,21-/m0/s1. The molecule has 0 saturated carbocycles. The molecule has 1 N–H and O–H groups in total. The number of aryl methyl sites for hydroxylation is 1. The lowest BCUT2D eigenvalue weighted by molar-refractivity contribution is -0.120. The monoisotopic (exact) mass is 466 g/mol. The quantitative estimate of drug-likeness (QED) is 0.592. The summed E-state index contributed by atoms with van der Waals surface area (Å²) in [6.45, 7) is 11.9. The van der Waals surface area contributed by atoms with Crippen LogP contribution in [0.25, 0.3) is 0 Å². The number of rotatable bonds is 4. The molecule has 1 aromatic carbocycles. The molecular formula is C25H27ClN4OS. The fraction of sp³-hybridized carbons (Fsp3) is 0.360. The number of allylic oxidation sites excluding steroid dienone is 1. The van der Waals surface area contributed by atoms with Gasteiger partial charge in [0.15, 0.2) is 0 Å². The van der Waals surface area contributed by atoms with Crippen LogP contribution in [-0.4, -0.2) is 29.1 Å². The van der Waals surface area contributed by atoms with Crippen LogP contribution >= 0.6 is 22.9 Å². The maximum atomic E-state index is 12.7. The Morgan fingerprint density at radius 2 is 1.94 bits per heavy atom. The third-order valence-corrected chi connectivity index (χ3v) is 7.59.